The molecule has 2 aromatic carbocycles. The highest BCUT2D eigenvalue weighted by atomic mass is 32.1. The summed E-state index contributed by atoms with van der Waals surface area (Å²) in [7, 11) is 0. The zero-order chi connectivity index (χ0) is 16.7. The quantitative estimate of drug-likeness (QED) is 0.667. The molecule has 0 aliphatic carbocycles. The minimum Gasteiger partial charge on any atom is -0.462 e. The van der Waals surface area contributed by atoms with Gasteiger partial charge in [0.05, 0.1) is 17.9 Å². The van der Waals surface area contributed by atoms with Gasteiger partial charge in [-0.3, -0.25) is 10.1 Å². The summed E-state index contributed by atoms with van der Waals surface area (Å²) >= 11 is 5.13. The minimum absolute atomic E-state index is 0.107. The van der Waals surface area contributed by atoms with Crippen LogP contribution in [0.1, 0.15) is 27.6 Å². The van der Waals surface area contributed by atoms with Gasteiger partial charge < -0.3 is 10.1 Å². The van der Waals surface area contributed by atoms with Crippen molar-refractivity contribution in [1.82, 2.24) is 5.32 Å². The smallest absolute Gasteiger partial charge is 0.340 e. The van der Waals surface area contributed by atoms with Gasteiger partial charge in [0, 0.05) is 5.56 Å². The van der Waals surface area contributed by atoms with Crippen molar-refractivity contribution < 1.29 is 14.3 Å². The minimum atomic E-state index is -0.451. The molecule has 5 nitrogen and oxygen atoms in total. The van der Waals surface area contributed by atoms with Gasteiger partial charge in [-0.05, 0) is 43.4 Å². The second-order valence-corrected chi connectivity index (χ2v) is 4.95. The highest BCUT2D eigenvalue weighted by molar-refractivity contribution is 7.80. The first-order valence-electron chi connectivity index (χ1n) is 7.05. The Morgan fingerprint density at radius 1 is 1.04 bits per heavy atom. The van der Waals surface area contributed by atoms with Gasteiger partial charge in [-0.1, -0.05) is 30.3 Å². The second kappa shape index (κ2) is 8.05. The molecule has 118 valence electrons. The monoisotopic (exact) mass is 328 g/mol. The third-order valence-electron chi connectivity index (χ3n) is 2.93. The van der Waals surface area contributed by atoms with E-state index in [4.69, 9.17) is 17.0 Å². The van der Waals surface area contributed by atoms with Gasteiger partial charge in [-0.2, -0.15) is 0 Å². The molecule has 0 bridgehead atoms. The SMILES string of the molecule is CCOC(=O)c1ccccc1NC(=S)NC(=O)c1ccccc1. The number of rotatable bonds is 4. The standard InChI is InChI=1S/C17H16N2O3S/c1-2-22-16(21)13-10-6-7-11-14(13)18-17(23)19-15(20)12-8-4-3-5-9-12/h3-11H,2H2,1H3,(H2,18,19,20,23). The Kier molecular flexibility index (Phi) is 5.82. The number of thiocarbonyl (C=S) groups is 1. The number of hydrogen-bond acceptors (Lipinski definition) is 4. The molecule has 0 unspecified atom stereocenters. The Hall–Kier alpha value is -2.73. The molecule has 0 aliphatic rings. The van der Waals surface area contributed by atoms with Crippen LogP contribution in [-0.2, 0) is 4.74 Å². The molecule has 0 atom stereocenters. The molecular formula is C17H16N2O3S. The van der Waals surface area contributed by atoms with Crippen molar-refractivity contribution in [3.05, 3.63) is 65.7 Å². The number of esters is 1. The Bertz CT molecular complexity index is 717. The fraction of sp³-hybridized carbons (Fsp3) is 0.118. The number of carbonyl (C=O) groups is 2. The summed E-state index contributed by atoms with van der Waals surface area (Å²) in [4.78, 5) is 23.9. The average Bonchev–Trinajstić information content (AvgIpc) is 2.56. The van der Waals surface area contributed by atoms with Crippen LogP contribution in [0.25, 0.3) is 0 Å². The molecule has 0 aliphatic heterocycles. The van der Waals surface area contributed by atoms with Crippen LogP contribution < -0.4 is 10.6 Å². The van der Waals surface area contributed by atoms with Crippen LogP contribution in [0.2, 0.25) is 0 Å². The van der Waals surface area contributed by atoms with Gasteiger partial charge in [0.15, 0.2) is 5.11 Å². The van der Waals surface area contributed by atoms with Crippen LogP contribution in [0, 0.1) is 0 Å². The predicted molar refractivity (Wildman–Crippen MR) is 92.5 cm³/mol. The third-order valence-corrected chi connectivity index (χ3v) is 3.14. The first-order chi connectivity index (χ1) is 11.1. The molecule has 0 fully saturated rings. The molecule has 0 spiro atoms. The van der Waals surface area contributed by atoms with Crippen LogP contribution in [-0.4, -0.2) is 23.6 Å². The van der Waals surface area contributed by atoms with Gasteiger partial charge in [-0.25, -0.2) is 4.79 Å². The molecule has 0 heterocycles. The molecule has 2 rings (SSSR count). The van der Waals surface area contributed by atoms with Crippen molar-refractivity contribution in [2.45, 2.75) is 6.92 Å². The Morgan fingerprint density at radius 3 is 2.39 bits per heavy atom. The van der Waals surface area contributed by atoms with E-state index in [0.29, 0.717) is 16.8 Å². The topological polar surface area (TPSA) is 67.4 Å². The van der Waals surface area contributed by atoms with E-state index in [1.165, 1.54) is 0 Å². The summed E-state index contributed by atoms with van der Waals surface area (Å²) in [6.07, 6.45) is 0. The average molecular weight is 328 g/mol. The maximum Gasteiger partial charge on any atom is 0.340 e. The van der Waals surface area contributed by atoms with Crippen molar-refractivity contribution in [2.75, 3.05) is 11.9 Å². The number of nitrogens with one attached hydrogen (secondary N) is 2. The molecular weight excluding hydrogens is 312 g/mol. The summed E-state index contributed by atoms with van der Waals surface area (Å²) < 4.78 is 4.99. The fourth-order valence-electron chi connectivity index (χ4n) is 1.90. The highest BCUT2D eigenvalue weighted by Gasteiger charge is 2.14. The zero-order valence-corrected chi connectivity index (χ0v) is 13.4. The number of carbonyl (C=O) groups excluding carboxylic acids is 2. The molecule has 2 N–H and O–H groups in total. The van der Waals surface area contributed by atoms with Gasteiger partial charge in [0.25, 0.3) is 5.91 Å². The first kappa shape index (κ1) is 16.6. The predicted octanol–water partition coefficient (Wildman–Crippen LogP) is 2.99. The number of anilines is 1. The number of para-hydroxylation sites is 1. The van der Waals surface area contributed by atoms with Gasteiger partial charge in [-0.15, -0.1) is 0 Å². The van der Waals surface area contributed by atoms with Crippen molar-refractivity contribution in [2.24, 2.45) is 0 Å². The lowest BCUT2D eigenvalue weighted by atomic mass is 10.2. The molecule has 0 saturated heterocycles. The van der Waals surface area contributed by atoms with Gasteiger partial charge >= 0.3 is 5.97 Å². The lowest BCUT2D eigenvalue weighted by Gasteiger charge is -2.12. The summed E-state index contributed by atoms with van der Waals surface area (Å²) in [5, 5.41) is 5.53. The van der Waals surface area contributed by atoms with Gasteiger partial charge in [0.1, 0.15) is 0 Å². The Labute approximate surface area is 139 Å². The number of hydrogen-bond donors (Lipinski definition) is 2. The van der Waals surface area contributed by atoms with Crippen molar-refractivity contribution >= 4 is 34.9 Å². The largest absolute Gasteiger partial charge is 0.462 e. The Morgan fingerprint density at radius 2 is 1.70 bits per heavy atom. The maximum atomic E-state index is 12.0. The third kappa shape index (κ3) is 4.62. The number of benzene rings is 2. The van der Waals surface area contributed by atoms with E-state index >= 15 is 0 Å². The van der Waals surface area contributed by atoms with Crippen molar-refractivity contribution in [3.63, 3.8) is 0 Å². The van der Waals surface area contributed by atoms with E-state index in [1.807, 2.05) is 6.07 Å². The summed E-state index contributed by atoms with van der Waals surface area (Å²) in [5.74, 6) is -0.774. The zero-order valence-electron chi connectivity index (χ0n) is 12.5. The van der Waals surface area contributed by atoms with Crippen LogP contribution in [0.3, 0.4) is 0 Å². The highest BCUT2D eigenvalue weighted by Crippen LogP contribution is 2.16. The summed E-state index contributed by atoms with van der Waals surface area (Å²) in [6, 6.07) is 15.5. The van der Waals surface area contributed by atoms with Crippen LogP contribution in [0.15, 0.2) is 54.6 Å². The Balaban J connectivity index is 2.06. The van der Waals surface area contributed by atoms with Crippen molar-refractivity contribution in [1.29, 1.82) is 0 Å². The lowest BCUT2D eigenvalue weighted by molar-refractivity contribution is 0.0527. The van der Waals surface area contributed by atoms with Crippen molar-refractivity contribution in [3.8, 4) is 0 Å². The molecule has 1 amide bonds. The molecule has 23 heavy (non-hydrogen) atoms. The van der Waals surface area contributed by atoms with Gasteiger partial charge in [0.2, 0.25) is 0 Å². The first-order valence-corrected chi connectivity index (χ1v) is 7.46. The van der Waals surface area contributed by atoms with E-state index in [2.05, 4.69) is 10.6 Å². The molecule has 0 saturated carbocycles. The second-order valence-electron chi connectivity index (χ2n) is 4.54. The van der Waals surface area contributed by atoms with Crippen LogP contribution >= 0.6 is 12.2 Å². The fourth-order valence-corrected chi connectivity index (χ4v) is 2.10. The van der Waals surface area contributed by atoms with E-state index in [9.17, 15) is 9.59 Å². The molecule has 6 heteroatoms. The summed E-state index contributed by atoms with van der Waals surface area (Å²) in [5.41, 5.74) is 1.32. The maximum absolute atomic E-state index is 12.0. The van der Waals surface area contributed by atoms with E-state index in [0.717, 1.165) is 0 Å². The van der Waals surface area contributed by atoms with Crippen LogP contribution in [0.5, 0.6) is 0 Å². The summed E-state index contributed by atoms with van der Waals surface area (Å²) in [6.45, 7) is 2.01. The van der Waals surface area contributed by atoms with E-state index in [1.54, 1.807) is 55.5 Å². The normalized spacial score (nSPS) is 9.78. The lowest BCUT2D eigenvalue weighted by Crippen LogP contribution is -2.34. The van der Waals surface area contributed by atoms with Crippen LogP contribution in [0.4, 0.5) is 5.69 Å². The number of ether oxygens (including phenoxy) is 1. The van der Waals surface area contributed by atoms with E-state index < -0.39 is 5.97 Å². The number of amides is 1. The molecule has 0 aromatic heterocycles. The molecule has 0 radical (unpaired) electrons. The van der Waals surface area contributed by atoms with E-state index in [-0.39, 0.29) is 17.6 Å². The molecule has 2 aromatic rings.